The molecule has 7 nitrogen and oxygen atoms in total. The molecule has 180 valence electrons. The molecule has 1 fully saturated rings. The second kappa shape index (κ2) is 10.7. The molecule has 7 heteroatoms. The maximum atomic E-state index is 13.1. The van der Waals surface area contributed by atoms with E-state index in [4.69, 9.17) is 4.74 Å². The highest BCUT2D eigenvalue weighted by Gasteiger charge is 2.38. The molecule has 4 rings (SSSR count). The topological polar surface area (TPSA) is 65.1 Å². The molecule has 0 bridgehead atoms. The summed E-state index contributed by atoms with van der Waals surface area (Å²) in [5.74, 6) is 0.177. The van der Waals surface area contributed by atoms with Gasteiger partial charge in [-0.15, -0.1) is 0 Å². The summed E-state index contributed by atoms with van der Waals surface area (Å²) in [4.78, 5) is 32.3. The third-order valence-corrected chi connectivity index (χ3v) is 6.42. The number of hydrogen-bond donors (Lipinski definition) is 1. The van der Waals surface area contributed by atoms with Crippen molar-refractivity contribution in [3.63, 3.8) is 0 Å². The highest BCUT2D eigenvalue weighted by atomic mass is 16.5. The smallest absolute Gasteiger partial charge is 0.278 e. The fourth-order valence-corrected chi connectivity index (χ4v) is 4.41. The van der Waals surface area contributed by atoms with Crippen LogP contribution in [0.4, 0.5) is 11.4 Å². The van der Waals surface area contributed by atoms with Crippen molar-refractivity contribution >= 4 is 28.8 Å². The Bertz CT molecular complexity index is 1040. The summed E-state index contributed by atoms with van der Waals surface area (Å²) in [6.45, 7) is 12.3. The maximum Gasteiger partial charge on any atom is 0.278 e. The molecule has 0 unspecified atom stereocenters. The summed E-state index contributed by atoms with van der Waals surface area (Å²) in [6, 6.07) is 15.5. The van der Waals surface area contributed by atoms with Crippen LogP contribution in [0.5, 0.6) is 5.75 Å². The zero-order valence-corrected chi connectivity index (χ0v) is 20.3. The third kappa shape index (κ3) is 4.94. The first-order valence-corrected chi connectivity index (χ1v) is 12.2. The van der Waals surface area contributed by atoms with E-state index >= 15 is 0 Å². The van der Waals surface area contributed by atoms with E-state index in [1.165, 1.54) is 10.6 Å². The minimum absolute atomic E-state index is 0.275. The number of rotatable bonds is 9. The van der Waals surface area contributed by atoms with Gasteiger partial charge in [-0.1, -0.05) is 26.0 Å². The van der Waals surface area contributed by atoms with Crippen molar-refractivity contribution in [1.29, 1.82) is 0 Å². The number of imide groups is 1. The van der Waals surface area contributed by atoms with Crippen molar-refractivity contribution in [1.82, 2.24) is 9.80 Å². The summed E-state index contributed by atoms with van der Waals surface area (Å²) in [5.41, 5.74) is 3.37. The van der Waals surface area contributed by atoms with Crippen molar-refractivity contribution in [2.45, 2.75) is 27.2 Å². The van der Waals surface area contributed by atoms with Gasteiger partial charge in [-0.3, -0.25) is 14.5 Å². The van der Waals surface area contributed by atoms with Crippen molar-refractivity contribution in [3.05, 3.63) is 59.8 Å². The second-order valence-electron chi connectivity index (χ2n) is 8.57. The number of benzene rings is 2. The first-order valence-electron chi connectivity index (χ1n) is 12.2. The molecule has 2 aromatic rings. The van der Waals surface area contributed by atoms with Gasteiger partial charge in [0.05, 0.1) is 12.2 Å². The molecule has 0 aliphatic carbocycles. The average Bonchev–Trinajstić information content (AvgIpc) is 3.12. The van der Waals surface area contributed by atoms with Gasteiger partial charge >= 0.3 is 0 Å². The van der Waals surface area contributed by atoms with E-state index < -0.39 is 0 Å². The lowest BCUT2D eigenvalue weighted by molar-refractivity contribution is -0.136. The molecule has 2 aliphatic rings. The average molecular weight is 463 g/mol. The van der Waals surface area contributed by atoms with Crippen molar-refractivity contribution < 1.29 is 14.3 Å². The van der Waals surface area contributed by atoms with Crippen LogP contribution in [-0.2, 0) is 9.59 Å². The van der Waals surface area contributed by atoms with Gasteiger partial charge in [0.15, 0.2) is 0 Å². The molecular weight excluding hydrogens is 428 g/mol. The Balaban J connectivity index is 1.55. The van der Waals surface area contributed by atoms with Crippen molar-refractivity contribution in [2.75, 3.05) is 56.1 Å². The van der Waals surface area contributed by atoms with E-state index in [2.05, 4.69) is 41.1 Å². The van der Waals surface area contributed by atoms with Crippen LogP contribution in [0.15, 0.2) is 54.2 Å². The zero-order valence-electron chi connectivity index (χ0n) is 20.3. The fraction of sp³-hybridized carbons (Fsp3) is 0.407. The zero-order chi connectivity index (χ0) is 24.1. The molecule has 1 N–H and O–H groups in total. The first kappa shape index (κ1) is 23.8. The predicted molar refractivity (Wildman–Crippen MR) is 136 cm³/mol. The molecule has 0 radical (unpaired) electrons. The maximum absolute atomic E-state index is 13.1. The van der Waals surface area contributed by atoms with Gasteiger partial charge < -0.3 is 19.9 Å². The van der Waals surface area contributed by atoms with Crippen LogP contribution < -0.4 is 15.0 Å². The van der Waals surface area contributed by atoms with E-state index in [1.54, 1.807) is 0 Å². The Morgan fingerprint density at radius 3 is 2.09 bits per heavy atom. The predicted octanol–water partition coefficient (Wildman–Crippen LogP) is 3.83. The van der Waals surface area contributed by atoms with E-state index in [1.807, 2.05) is 43.3 Å². The van der Waals surface area contributed by atoms with Crippen molar-refractivity contribution in [2.24, 2.45) is 0 Å². The summed E-state index contributed by atoms with van der Waals surface area (Å²) in [6.07, 6.45) is 0.924. The van der Waals surface area contributed by atoms with Gasteiger partial charge in [0.25, 0.3) is 11.8 Å². The monoisotopic (exact) mass is 462 g/mol. The van der Waals surface area contributed by atoms with E-state index in [0.29, 0.717) is 30.0 Å². The highest BCUT2D eigenvalue weighted by molar-refractivity contribution is 6.36. The van der Waals surface area contributed by atoms with Crippen LogP contribution in [0.2, 0.25) is 0 Å². The lowest BCUT2D eigenvalue weighted by Gasteiger charge is -2.35. The Kier molecular flexibility index (Phi) is 7.53. The number of likely N-dealkylation sites (N-methyl/N-ethyl adjacent to an activating group) is 2. The molecular formula is C27H34N4O3. The lowest BCUT2D eigenvalue weighted by Crippen LogP contribution is -2.46. The number of carbonyl (C=O) groups is 2. The van der Waals surface area contributed by atoms with E-state index in [0.717, 1.165) is 50.6 Å². The quantitative estimate of drug-likeness (QED) is 0.572. The first-order chi connectivity index (χ1) is 16.5. The molecule has 0 aromatic heterocycles. The SMILES string of the molecule is CCCOc1ccc(C2=C(Nc3ccc(N4CCN(CC)CC4)cc3)C(=O)N(CC)C2=O)cc1. The number of nitrogens with one attached hydrogen (secondary N) is 1. The number of ether oxygens (including phenoxy) is 1. The number of piperazine rings is 1. The molecule has 2 aromatic carbocycles. The number of nitrogens with zero attached hydrogens (tertiary/aromatic N) is 3. The third-order valence-electron chi connectivity index (χ3n) is 6.42. The van der Waals surface area contributed by atoms with Gasteiger partial charge in [0.1, 0.15) is 11.4 Å². The van der Waals surface area contributed by atoms with Crippen LogP contribution in [-0.4, -0.2) is 67.5 Å². The van der Waals surface area contributed by atoms with Crippen LogP contribution in [0.3, 0.4) is 0 Å². The molecule has 34 heavy (non-hydrogen) atoms. The normalized spacial score (nSPS) is 17.0. The molecule has 0 spiro atoms. The largest absolute Gasteiger partial charge is 0.494 e. The van der Waals surface area contributed by atoms with Gasteiger partial charge in [-0.05, 0) is 61.9 Å². The summed E-state index contributed by atoms with van der Waals surface area (Å²) < 4.78 is 5.66. The van der Waals surface area contributed by atoms with Gasteiger partial charge in [-0.2, -0.15) is 0 Å². The van der Waals surface area contributed by atoms with Crippen LogP contribution in [0, 0.1) is 0 Å². The number of hydrogen-bond acceptors (Lipinski definition) is 6. The standard InChI is InChI=1S/C27H34N4O3/c1-4-19-34-23-13-7-20(8-14-23)24-25(27(33)31(6-3)26(24)32)28-21-9-11-22(12-10-21)30-17-15-29(5-2)16-18-30/h7-14,28H,4-6,15-19H2,1-3H3. The van der Waals surface area contributed by atoms with Crippen LogP contribution >= 0.6 is 0 Å². The summed E-state index contributed by atoms with van der Waals surface area (Å²) in [5, 5.41) is 3.24. The minimum Gasteiger partial charge on any atom is -0.494 e. The molecule has 2 aliphatic heterocycles. The Morgan fingerprint density at radius 1 is 0.824 bits per heavy atom. The van der Waals surface area contributed by atoms with Crippen LogP contribution in [0.1, 0.15) is 32.8 Å². The van der Waals surface area contributed by atoms with Crippen LogP contribution in [0.25, 0.3) is 5.57 Å². The Hall–Kier alpha value is -3.32. The minimum atomic E-state index is -0.298. The van der Waals surface area contributed by atoms with Gasteiger partial charge in [-0.25, -0.2) is 0 Å². The number of anilines is 2. The molecule has 1 saturated heterocycles. The van der Waals surface area contributed by atoms with E-state index in [-0.39, 0.29) is 11.8 Å². The Labute approximate surface area is 202 Å². The highest BCUT2D eigenvalue weighted by Crippen LogP contribution is 2.32. The number of amides is 2. The van der Waals surface area contributed by atoms with E-state index in [9.17, 15) is 9.59 Å². The second-order valence-corrected chi connectivity index (χ2v) is 8.57. The fourth-order valence-electron chi connectivity index (χ4n) is 4.41. The molecule has 0 saturated carbocycles. The molecule has 0 atom stereocenters. The molecule has 2 amide bonds. The summed E-state index contributed by atoms with van der Waals surface area (Å²) in [7, 11) is 0. The Morgan fingerprint density at radius 2 is 1.50 bits per heavy atom. The summed E-state index contributed by atoms with van der Waals surface area (Å²) >= 11 is 0. The number of carbonyl (C=O) groups excluding carboxylic acids is 2. The lowest BCUT2D eigenvalue weighted by atomic mass is 10.0. The van der Waals surface area contributed by atoms with Crippen molar-refractivity contribution in [3.8, 4) is 5.75 Å². The van der Waals surface area contributed by atoms with Gasteiger partial charge in [0, 0.05) is 44.1 Å². The van der Waals surface area contributed by atoms with Gasteiger partial charge in [0.2, 0.25) is 0 Å². The molecule has 2 heterocycles.